The van der Waals surface area contributed by atoms with Gasteiger partial charge < -0.3 is 4.90 Å². The van der Waals surface area contributed by atoms with Crippen molar-refractivity contribution in [1.29, 1.82) is 0 Å². The summed E-state index contributed by atoms with van der Waals surface area (Å²) in [6.07, 6.45) is 2.30. The normalized spacial score (nSPS) is 10.6. The maximum atomic E-state index is 6.08. The lowest BCUT2D eigenvalue weighted by Gasteiger charge is -2.27. The highest BCUT2D eigenvalue weighted by Gasteiger charge is 2.12. The molecular formula is C17H19Cl2N. The van der Waals surface area contributed by atoms with Gasteiger partial charge in [0.1, 0.15) is 0 Å². The number of unbranched alkanes of at least 4 members (excludes halogenated alkanes) is 1. The van der Waals surface area contributed by atoms with Crippen molar-refractivity contribution in [3.63, 3.8) is 0 Å². The maximum Gasteiger partial charge on any atom is 0.0495 e. The van der Waals surface area contributed by atoms with Crippen molar-refractivity contribution >= 4 is 34.6 Å². The molecule has 0 aliphatic carbocycles. The SMILES string of the molecule is CCCCN(c1ccccc1)c1ccc(Cl)cc1CCl. The van der Waals surface area contributed by atoms with Gasteiger partial charge in [-0.25, -0.2) is 0 Å². The molecule has 0 fully saturated rings. The summed E-state index contributed by atoms with van der Waals surface area (Å²) in [7, 11) is 0. The second kappa shape index (κ2) is 7.56. The smallest absolute Gasteiger partial charge is 0.0495 e. The van der Waals surface area contributed by atoms with Crippen LogP contribution in [0.25, 0.3) is 0 Å². The summed E-state index contributed by atoms with van der Waals surface area (Å²) in [5.41, 5.74) is 3.40. The van der Waals surface area contributed by atoms with Gasteiger partial charge in [-0.15, -0.1) is 11.6 Å². The molecule has 0 spiro atoms. The predicted molar refractivity (Wildman–Crippen MR) is 89.4 cm³/mol. The third kappa shape index (κ3) is 3.68. The number of hydrogen-bond donors (Lipinski definition) is 0. The fraction of sp³-hybridized carbons (Fsp3) is 0.294. The average Bonchev–Trinajstić information content (AvgIpc) is 2.49. The molecule has 0 aromatic heterocycles. The number of rotatable bonds is 6. The van der Waals surface area contributed by atoms with E-state index in [4.69, 9.17) is 23.2 Å². The molecule has 0 heterocycles. The van der Waals surface area contributed by atoms with Crippen molar-refractivity contribution in [2.24, 2.45) is 0 Å². The number of anilines is 2. The van der Waals surface area contributed by atoms with E-state index in [9.17, 15) is 0 Å². The summed E-state index contributed by atoms with van der Waals surface area (Å²) < 4.78 is 0. The second-order valence-electron chi connectivity index (χ2n) is 4.75. The van der Waals surface area contributed by atoms with Crippen LogP contribution in [0.1, 0.15) is 25.3 Å². The van der Waals surface area contributed by atoms with E-state index in [2.05, 4.69) is 42.2 Å². The fourth-order valence-corrected chi connectivity index (χ4v) is 2.65. The molecule has 0 saturated carbocycles. The summed E-state index contributed by atoms with van der Waals surface area (Å²) in [6.45, 7) is 3.18. The zero-order valence-electron chi connectivity index (χ0n) is 11.7. The van der Waals surface area contributed by atoms with Crippen LogP contribution in [0.4, 0.5) is 11.4 Å². The molecule has 0 radical (unpaired) electrons. The van der Waals surface area contributed by atoms with Crippen LogP contribution >= 0.6 is 23.2 Å². The van der Waals surface area contributed by atoms with E-state index >= 15 is 0 Å². The van der Waals surface area contributed by atoms with Gasteiger partial charge in [-0.2, -0.15) is 0 Å². The Bertz CT molecular complexity index is 540. The first-order chi connectivity index (χ1) is 9.76. The van der Waals surface area contributed by atoms with Crippen LogP contribution < -0.4 is 4.90 Å². The van der Waals surface area contributed by atoms with Gasteiger partial charge in [0.05, 0.1) is 0 Å². The van der Waals surface area contributed by atoms with Crippen LogP contribution in [-0.2, 0) is 5.88 Å². The molecule has 0 aliphatic rings. The first-order valence-electron chi connectivity index (χ1n) is 6.93. The number of alkyl halides is 1. The summed E-state index contributed by atoms with van der Waals surface area (Å²) in [4.78, 5) is 2.32. The largest absolute Gasteiger partial charge is 0.341 e. The van der Waals surface area contributed by atoms with E-state index in [0.717, 1.165) is 35.7 Å². The minimum Gasteiger partial charge on any atom is -0.341 e. The lowest BCUT2D eigenvalue weighted by molar-refractivity contribution is 0.784. The number of nitrogens with zero attached hydrogens (tertiary/aromatic N) is 1. The molecule has 2 rings (SSSR count). The van der Waals surface area contributed by atoms with Gasteiger partial charge >= 0.3 is 0 Å². The Kier molecular flexibility index (Phi) is 5.75. The van der Waals surface area contributed by atoms with Crippen LogP contribution in [0.2, 0.25) is 5.02 Å². The van der Waals surface area contributed by atoms with E-state index in [1.165, 1.54) is 5.69 Å². The third-order valence-corrected chi connectivity index (χ3v) is 3.80. The highest BCUT2D eigenvalue weighted by atomic mass is 35.5. The van der Waals surface area contributed by atoms with Crippen LogP contribution in [-0.4, -0.2) is 6.54 Å². The molecule has 2 aromatic rings. The minimum absolute atomic E-state index is 0.464. The molecule has 0 N–H and O–H groups in total. The number of hydrogen-bond acceptors (Lipinski definition) is 1. The lowest BCUT2D eigenvalue weighted by atomic mass is 10.1. The van der Waals surface area contributed by atoms with Crippen molar-refractivity contribution in [3.8, 4) is 0 Å². The quantitative estimate of drug-likeness (QED) is 0.590. The number of halogens is 2. The Morgan fingerprint density at radius 1 is 1.05 bits per heavy atom. The van der Waals surface area contributed by atoms with Gasteiger partial charge in [-0.05, 0) is 42.3 Å². The fourth-order valence-electron chi connectivity index (χ4n) is 2.24. The molecule has 2 aromatic carbocycles. The monoisotopic (exact) mass is 307 g/mol. The minimum atomic E-state index is 0.464. The average molecular weight is 308 g/mol. The Morgan fingerprint density at radius 2 is 1.80 bits per heavy atom. The molecule has 0 bridgehead atoms. The first kappa shape index (κ1) is 15.2. The van der Waals surface area contributed by atoms with Crippen LogP contribution in [0.3, 0.4) is 0 Å². The van der Waals surface area contributed by atoms with E-state index in [-0.39, 0.29) is 0 Å². The van der Waals surface area contributed by atoms with Gasteiger partial charge in [0, 0.05) is 28.8 Å². The zero-order valence-corrected chi connectivity index (χ0v) is 13.2. The Hall–Kier alpha value is -1.18. The molecule has 106 valence electrons. The highest BCUT2D eigenvalue weighted by Crippen LogP contribution is 2.31. The summed E-state index contributed by atoms with van der Waals surface area (Å²) in [5, 5.41) is 0.730. The molecule has 20 heavy (non-hydrogen) atoms. The lowest BCUT2D eigenvalue weighted by Crippen LogP contribution is -2.19. The highest BCUT2D eigenvalue weighted by molar-refractivity contribution is 6.30. The summed E-state index contributed by atoms with van der Waals surface area (Å²) in [6, 6.07) is 16.3. The van der Waals surface area contributed by atoms with Crippen LogP contribution in [0.5, 0.6) is 0 Å². The van der Waals surface area contributed by atoms with E-state index in [1.54, 1.807) is 0 Å². The molecule has 1 nitrogen and oxygen atoms in total. The molecule has 0 atom stereocenters. The van der Waals surface area contributed by atoms with Crippen molar-refractivity contribution in [2.45, 2.75) is 25.6 Å². The van der Waals surface area contributed by atoms with Gasteiger partial charge in [-0.3, -0.25) is 0 Å². The van der Waals surface area contributed by atoms with Gasteiger partial charge in [0.15, 0.2) is 0 Å². The number of para-hydroxylation sites is 1. The van der Waals surface area contributed by atoms with Gasteiger partial charge in [0.25, 0.3) is 0 Å². The Balaban J connectivity index is 2.41. The molecule has 0 aliphatic heterocycles. The van der Waals surface area contributed by atoms with Crippen molar-refractivity contribution in [3.05, 3.63) is 59.1 Å². The predicted octanol–water partition coefficient (Wildman–Crippen LogP) is 6.02. The molecule has 0 unspecified atom stereocenters. The topological polar surface area (TPSA) is 3.24 Å². The Morgan fingerprint density at radius 3 is 2.45 bits per heavy atom. The number of benzene rings is 2. The van der Waals surface area contributed by atoms with Crippen LogP contribution in [0, 0.1) is 0 Å². The summed E-state index contributed by atoms with van der Waals surface area (Å²) in [5.74, 6) is 0.464. The van der Waals surface area contributed by atoms with E-state index in [0.29, 0.717) is 5.88 Å². The van der Waals surface area contributed by atoms with Crippen molar-refractivity contribution in [2.75, 3.05) is 11.4 Å². The van der Waals surface area contributed by atoms with Gasteiger partial charge in [-0.1, -0.05) is 43.1 Å². The first-order valence-corrected chi connectivity index (χ1v) is 7.84. The molecule has 3 heteroatoms. The maximum absolute atomic E-state index is 6.08. The zero-order chi connectivity index (χ0) is 14.4. The van der Waals surface area contributed by atoms with E-state index in [1.807, 2.05) is 18.2 Å². The third-order valence-electron chi connectivity index (χ3n) is 3.28. The summed E-state index contributed by atoms with van der Waals surface area (Å²) >= 11 is 12.2. The van der Waals surface area contributed by atoms with Crippen molar-refractivity contribution in [1.82, 2.24) is 0 Å². The van der Waals surface area contributed by atoms with E-state index < -0.39 is 0 Å². The van der Waals surface area contributed by atoms with Crippen molar-refractivity contribution < 1.29 is 0 Å². The second-order valence-corrected chi connectivity index (χ2v) is 5.45. The Labute approximate surface area is 131 Å². The standard InChI is InChI=1S/C17H19Cl2N/c1-2-3-11-20(16-7-5-4-6-8-16)17-10-9-15(19)12-14(17)13-18/h4-10,12H,2-3,11,13H2,1H3. The van der Waals surface area contributed by atoms with Crippen LogP contribution in [0.15, 0.2) is 48.5 Å². The molecular weight excluding hydrogens is 289 g/mol. The molecule has 0 saturated heterocycles. The molecule has 0 amide bonds. The van der Waals surface area contributed by atoms with Gasteiger partial charge in [0.2, 0.25) is 0 Å².